The van der Waals surface area contributed by atoms with E-state index in [9.17, 15) is 9.18 Å². The van der Waals surface area contributed by atoms with Crippen LogP contribution in [0.5, 0.6) is 5.75 Å². The van der Waals surface area contributed by atoms with E-state index in [2.05, 4.69) is 20.6 Å². The third kappa shape index (κ3) is 4.13. The fourth-order valence-electron chi connectivity index (χ4n) is 3.46. The molecule has 0 aliphatic carbocycles. The largest absolute Gasteiger partial charge is 0.490 e. The third-order valence-electron chi connectivity index (χ3n) is 4.91. The zero-order valence-corrected chi connectivity index (χ0v) is 17.0. The van der Waals surface area contributed by atoms with Crippen molar-refractivity contribution in [1.29, 1.82) is 0 Å². The zero-order valence-electron chi connectivity index (χ0n) is 17.0. The first-order valence-electron chi connectivity index (χ1n) is 9.80. The number of rotatable bonds is 7. The van der Waals surface area contributed by atoms with E-state index < -0.39 is 0 Å². The number of ether oxygens (including phenoxy) is 1. The van der Waals surface area contributed by atoms with Gasteiger partial charge in [0.05, 0.1) is 23.1 Å². The minimum absolute atomic E-state index is 0.165. The fraction of sp³-hybridized carbons (Fsp3) is 0.273. The Hall–Kier alpha value is -3.39. The molecule has 3 heterocycles. The fourth-order valence-corrected chi connectivity index (χ4v) is 3.46. The number of hydrogen-bond acceptors (Lipinski definition) is 5. The van der Waals surface area contributed by atoms with Gasteiger partial charge in [-0.2, -0.15) is 0 Å². The van der Waals surface area contributed by atoms with E-state index in [4.69, 9.17) is 4.74 Å². The molecule has 0 atom stereocenters. The van der Waals surface area contributed by atoms with Crippen molar-refractivity contribution in [3.63, 3.8) is 0 Å². The van der Waals surface area contributed by atoms with E-state index in [1.807, 2.05) is 25.1 Å². The molecule has 0 unspecified atom stereocenters. The summed E-state index contributed by atoms with van der Waals surface area (Å²) in [6.07, 6.45) is 4.03. The Morgan fingerprint density at radius 2 is 2.17 bits per heavy atom. The average Bonchev–Trinajstić information content (AvgIpc) is 3.07. The lowest BCUT2D eigenvalue weighted by Gasteiger charge is -2.16. The number of aromatic amines is 1. The van der Waals surface area contributed by atoms with E-state index >= 15 is 0 Å². The number of nitrogens with zero attached hydrogens (tertiary/aromatic N) is 2. The second kappa shape index (κ2) is 8.54. The number of pyridine rings is 1. The van der Waals surface area contributed by atoms with Crippen LogP contribution in [0.15, 0.2) is 42.7 Å². The highest BCUT2D eigenvalue weighted by Crippen LogP contribution is 2.40. The molecule has 8 heteroatoms. The van der Waals surface area contributed by atoms with Crippen molar-refractivity contribution in [3.8, 4) is 17.0 Å². The van der Waals surface area contributed by atoms with Gasteiger partial charge < -0.3 is 25.3 Å². The molecule has 1 amide bonds. The summed E-state index contributed by atoms with van der Waals surface area (Å²) in [5, 5.41) is 6.12. The van der Waals surface area contributed by atoms with Crippen LogP contribution < -0.4 is 15.4 Å². The van der Waals surface area contributed by atoms with Crippen LogP contribution in [0, 0.1) is 5.82 Å². The molecule has 0 bridgehead atoms. The number of benzene rings is 1. The van der Waals surface area contributed by atoms with Gasteiger partial charge in [-0.25, -0.2) is 4.39 Å². The minimum atomic E-state index is -0.355. The molecule has 1 aliphatic heterocycles. The van der Waals surface area contributed by atoms with Crippen LogP contribution in [0.2, 0.25) is 0 Å². The second-order valence-electron chi connectivity index (χ2n) is 7.39. The third-order valence-corrected chi connectivity index (χ3v) is 4.91. The second-order valence-corrected chi connectivity index (χ2v) is 7.39. The van der Waals surface area contributed by atoms with Gasteiger partial charge in [0.15, 0.2) is 0 Å². The van der Waals surface area contributed by atoms with Gasteiger partial charge in [-0.3, -0.25) is 9.78 Å². The van der Waals surface area contributed by atoms with Crippen molar-refractivity contribution in [2.75, 3.05) is 39.1 Å². The van der Waals surface area contributed by atoms with E-state index in [1.165, 1.54) is 12.1 Å². The van der Waals surface area contributed by atoms with E-state index in [0.717, 1.165) is 17.8 Å². The molecule has 0 radical (unpaired) electrons. The van der Waals surface area contributed by atoms with E-state index in [-0.39, 0.29) is 11.7 Å². The Morgan fingerprint density at radius 1 is 1.30 bits per heavy atom. The quantitative estimate of drug-likeness (QED) is 0.558. The lowest BCUT2D eigenvalue weighted by Crippen LogP contribution is -2.31. The molecular weight excluding hydrogens is 385 g/mol. The number of hydrogen-bond donors (Lipinski definition) is 3. The lowest BCUT2D eigenvalue weighted by atomic mass is 10.0. The van der Waals surface area contributed by atoms with Crippen molar-refractivity contribution >= 4 is 17.3 Å². The summed E-state index contributed by atoms with van der Waals surface area (Å²) in [5.41, 5.74) is 4.02. The summed E-state index contributed by atoms with van der Waals surface area (Å²) in [7, 11) is 3.96. The number of fused-ring (bicyclic) bond motifs is 1. The van der Waals surface area contributed by atoms with Crippen molar-refractivity contribution in [2.45, 2.75) is 6.42 Å². The summed E-state index contributed by atoms with van der Waals surface area (Å²) in [5.74, 6) is 0.0921. The number of anilines is 2. The van der Waals surface area contributed by atoms with Crippen LogP contribution in [0.4, 0.5) is 15.8 Å². The number of likely N-dealkylation sites (N-methyl/N-ethyl adjacent to an activating group) is 1. The lowest BCUT2D eigenvalue weighted by molar-refractivity contribution is 0.0947. The predicted molar refractivity (Wildman–Crippen MR) is 114 cm³/mol. The molecular formula is C22H24FN5O2. The van der Waals surface area contributed by atoms with Crippen LogP contribution in [-0.4, -0.2) is 54.6 Å². The maximum atomic E-state index is 13.7. The molecule has 0 spiro atoms. The highest BCUT2D eigenvalue weighted by atomic mass is 19.1. The van der Waals surface area contributed by atoms with Crippen molar-refractivity contribution in [2.24, 2.45) is 0 Å². The average molecular weight is 409 g/mol. The maximum absolute atomic E-state index is 13.7. The standard InChI is InChI=1S/C22H24FN5O2/c1-28(2)10-11-30-18-13-24-8-6-16(18)20-21(26-15-5-3-4-14(23)12-15)19-17(27-20)7-9-25-22(19)29/h3-6,8,12-13,26-27H,7,9-11H2,1-2H3,(H,25,29). The molecule has 0 saturated heterocycles. The summed E-state index contributed by atoms with van der Waals surface area (Å²) < 4.78 is 19.7. The van der Waals surface area contributed by atoms with Crippen LogP contribution in [0.3, 0.4) is 0 Å². The SMILES string of the molecule is CN(C)CCOc1cnccc1-c1[nH]c2c(c1Nc1cccc(F)c1)C(=O)NCC2. The maximum Gasteiger partial charge on any atom is 0.255 e. The van der Waals surface area contributed by atoms with Gasteiger partial charge in [0, 0.05) is 42.7 Å². The van der Waals surface area contributed by atoms with Crippen molar-refractivity contribution in [3.05, 3.63) is 59.8 Å². The molecule has 4 rings (SSSR count). The molecule has 1 aromatic carbocycles. The summed E-state index contributed by atoms with van der Waals surface area (Å²) >= 11 is 0. The van der Waals surface area contributed by atoms with Gasteiger partial charge in [0.25, 0.3) is 5.91 Å². The topological polar surface area (TPSA) is 82.3 Å². The summed E-state index contributed by atoms with van der Waals surface area (Å²) in [4.78, 5) is 22.3. The van der Waals surface area contributed by atoms with Crippen molar-refractivity contribution < 1.29 is 13.9 Å². The highest BCUT2D eigenvalue weighted by Gasteiger charge is 2.28. The number of halogens is 1. The highest BCUT2D eigenvalue weighted by molar-refractivity contribution is 6.06. The monoisotopic (exact) mass is 409 g/mol. The molecule has 0 fully saturated rings. The van der Waals surface area contributed by atoms with Crippen molar-refractivity contribution in [1.82, 2.24) is 20.2 Å². The normalized spacial score (nSPS) is 13.1. The molecule has 2 aromatic heterocycles. The molecule has 30 heavy (non-hydrogen) atoms. The Bertz CT molecular complexity index is 1060. The minimum Gasteiger partial charge on any atom is -0.490 e. The van der Waals surface area contributed by atoms with Gasteiger partial charge in [-0.15, -0.1) is 0 Å². The molecule has 156 valence electrons. The Morgan fingerprint density at radius 3 is 2.97 bits per heavy atom. The van der Waals surface area contributed by atoms with Crippen LogP contribution >= 0.6 is 0 Å². The summed E-state index contributed by atoms with van der Waals surface area (Å²) in [6.45, 7) is 1.82. The van der Waals surface area contributed by atoms with Gasteiger partial charge in [0.1, 0.15) is 18.2 Å². The van der Waals surface area contributed by atoms with E-state index in [0.29, 0.717) is 48.0 Å². The zero-order chi connectivity index (χ0) is 21.1. The van der Waals surface area contributed by atoms with Crippen LogP contribution in [-0.2, 0) is 6.42 Å². The van der Waals surface area contributed by atoms with E-state index in [1.54, 1.807) is 24.5 Å². The number of carbonyl (C=O) groups excluding carboxylic acids is 1. The van der Waals surface area contributed by atoms with Crippen LogP contribution in [0.25, 0.3) is 11.3 Å². The Balaban J connectivity index is 1.78. The van der Waals surface area contributed by atoms with Gasteiger partial charge >= 0.3 is 0 Å². The van der Waals surface area contributed by atoms with Gasteiger partial charge in [-0.05, 0) is 38.4 Å². The van der Waals surface area contributed by atoms with Gasteiger partial charge in [-0.1, -0.05) is 6.07 Å². The number of aromatic nitrogens is 2. The molecule has 1 aliphatic rings. The molecule has 7 nitrogen and oxygen atoms in total. The first-order valence-corrected chi connectivity index (χ1v) is 9.80. The Labute approximate surface area is 174 Å². The summed E-state index contributed by atoms with van der Waals surface area (Å²) in [6, 6.07) is 8.00. The first kappa shape index (κ1) is 19.9. The first-order chi connectivity index (χ1) is 14.5. The molecule has 3 aromatic rings. The molecule has 0 saturated carbocycles. The van der Waals surface area contributed by atoms with Crippen LogP contribution in [0.1, 0.15) is 16.1 Å². The number of carbonyl (C=O) groups is 1. The number of H-pyrrole nitrogens is 1. The smallest absolute Gasteiger partial charge is 0.255 e. The number of nitrogens with one attached hydrogen (secondary N) is 3. The Kier molecular flexibility index (Phi) is 5.67. The molecule has 3 N–H and O–H groups in total. The van der Waals surface area contributed by atoms with Gasteiger partial charge in [0.2, 0.25) is 0 Å². The predicted octanol–water partition coefficient (Wildman–Crippen LogP) is 3.19. The number of amides is 1.